The first-order chi connectivity index (χ1) is 8.53. The molecule has 3 heteroatoms. The van der Waals surface area contributed by atoms with E-state index < -0.39 is 0 Å². The number of ether oxygens (including phenoxy) is 1. The third kappa shape index (κ3) is 4.13. The van der Waals surface area contributed by atoms with Crippen LogP contribution in [0.5, 0.6) is 5.75 Å². The summed E-state index contributed by atoms with van der Waals surface area (Å²) in [6.07, 6.45) is 3.14. The van der Waals surface area contributed by atoms with E-state index in [0.717, 1.165) is 43.0 Å². The van der Waals surface area contributed by atoms with Gasteiger partial charge in [0.25, 0.3) is 0 Å². The van der Waals surface area contributed by atoms with Gasteiger partial charge in [0.2, 0.25) is 0 Å². The second kappa shape index (κ2) is 6.53. The van der Waals surface area contributed by atoms with Crippen LogP contribution in [0.1, 0.15) is 47.0 Å². The topological polar surface area (TPSA) is 47.3 Å². The minimum absolute atomic E-state index is 0.107. The summed E-state index contributed by atoms with van der Waals surface area (Å²) in [5.74, 6) is 0.842. The molecule has 0 unspecified atom stereocenters. The predicted molar refractivity (Wildman–Crippen MR) is 79.3 cm³/mol. The Bertz CT molecular complexity index is 373. The molecule has 0 saturated heterocycles. The molecule has 3 nitrogen and oxygen atoms in total. The Labute approximate surface area is 111 Å². The van der Waals surface area contributed by atoms with Gasteiger partial charge in [0, 0.05) is 29.0 Å². The maximum atomic E-state index is 5.91. The zero-order valence-electron chi connectivity index (χ0n) is 12.0. The molecule has 0 amide bonds. The highest BCUT2D eigenvalue weighted by Crippen LogP contribution is 2.27. The van der Waals surface area contributed by atoms with E-state index in [2.05, 4.69) is 33.0 Å². The van der Waals surface area contributed by atoms with Crippen LogP contribution in [0.4, 0.5) is 11.4 Å². The van der Waals surface area contributed by atoms with Gasteiger partial charge in [0.05, 0.1) is 6.61 Å². The number of hydrogen-bond acceptors (Lipinski definition) is 3. The number of nitrogens with one attached hydrogen (secondary N) is 1. The lowest BCUT2D eigenvalue weighted by molar-refractivity contribution is 0.317. The van der Waals surface area contributed by atoms with E-state index in [9.17, 15) is 0 Å². The molecule has 0 aliphatic rings. The van der Waals surface area contributed by atoms with Crippen LogP contribution in [-0.2, 0) is 0 Å². The highest BCUT2D eigenvalue weighted by molar-refractivity contribution is 5.60. The Hall–Kier alpha value is -1.38. The lowest BCUT2D eigenvalue weighted by Crippen LogP contribution is -2.32. The molecule has 3 N–H and O–H groups in total. The number of nitrogen functional groups attached to an aromatic ring is 1. The molecule has 1 aromatic rings. The van der Waals surface area contributed by atoms with Crippen molar-refractivity contribution in [2.24, 2.45) is 0 Å². The molecule has 0 fully saturated rings. The van der Waals surface area contributed by atoms with Gasteiger partial charge in [0.1, 0.15) is 5.75 Å². The van der Waals surface area contributed by atoms with Crippen LogP contribution in [0.2, 0.25) is 0 Å². The van der Waals surface area contributed by atoms with E-state index in [1.807, 2.05) is 18.2 Å². The fourth-order valence-corrected chi connectivity index (χ4v) is 1.77. The van der Waals surface area contributed by atoms with E-state index in [0.29, 0.717) is 0 Å². The lowest BCUT2D eigenvalue weighted by Gasteiger charge is -2.30. The summed E-state index contributed by atoms with van der Waals surface area (Å²) < 4.78 is 5.64. The zero-order valence-corrected chi connectivity index (χ0v) is 12.0. The van der Waals surface area contributed by atoms with Crippen molar-refractivity contribution in [1.82, 2.24) is 0 Å². The summed E-state index contributed by atoms with van der Waals surface area (Å²) in [5.41, 5.74) is 7.79. The highest BCUT2D eigenvalue weighted by atomic mass is 16.5. The summed E-state index contributed by atoms with van der Waals surface area (Å²) in [7, 11) is 0. The molecule has 102 valence electrons. The molecule has 0 aromatic heterocycles. The van der Waals surface area contributed by atoms with Crippen LogP contribution in [0, 0.1) is 0 Å². The largest absolute Gasteiger partial charge is 0.493 e. The number of nitrogens with two attached hydrogens (primary N) is 1. The summed E-state index contributed by atoms with van der Waals surface area (Å²) in [5, 5.41) is 3.55. The fraction of sp³-hybridized carbons (Fsp3) is 0.600. The zero-order chi connectivity index (χ0) is 13.6. The van der Waals surface area contributed by atoms with Crippen molar-refractivity contribution >= 4 is 11.4 Å². The monoisotopic (exact) mass is 250 g/mol. The molecule has 0 spiro atoms. The molecule has 0 aliphatic carbocycles. The quantitative estimate of drug-likeness (QED) is 0.718. The third-order valence-electron chi connectivity index (χ3n) is 3.41. The third-order valence-corrected chi connectivity index (χ3v) is 3.41. The Balaban J connectivity index is 2.85. The van der Waals surface area contributed by atoms with Crippen molar-refractivity contribution in [2.75, 3.05) is 17.7 Å². The van der Waals surface area contributed by atoms with E-state index in [-0.39, 0.29) is 5.54 Å². The molecule has 0 bridgehead atoms. The standard InChI is InChI=1S/C15H26N2O/c1-5-8-18-14-10-12(16)9-13(11-14)17-15(4,6-2)7-3/h9-11,17H,5-8,16H2,1-4H3. The Morgan fingerprint density at radius 3 is 2.39 bits per heavy atom. The molecule has 0 atom stereocenters. The molecule has 0 saturated carbocycles. The van der Waals surface area contributed by atoms with Gasteiger partial charge >= 0.3 is 0 Å². The average Bonchev–Trinajstić information content (AvgIpc) is 2.35. The number of anilines is 2. The fourth-order valence-electron chi connectivity index (χ4n) is 1.77. The summed E-state index contributed by atoms with van der Waals surface area (Å²) in [6.45, 7) is 9.43. The lowest BCUT2D eigenvalue weighted by atomic mass is 9.95. The van der Waals surface area contributed by atoms with Gasteiger partial charge in [-0.25, -0.2) is 0 Å². The van der Waals surface area contributed by atoms with E-state index in [1.54, 1.807) is 0 Å². The number of benzene rings is 1. The average molecular weight is 250 g/mol. The minimum atomic E-state index is 0.107. The van der Waals surface area contributed by atoms with E-state index in [4.69, 9.17) is 10.5 Å². The molecule has 0 aliphatic heterocycles. The molecule has 18 heavy (non-hydrogen) atoms. The molecule has 0 radical (unpaired) electrons. The maximum absolute atomic E-state index is 5.91. The smallest absolute Gasteiger partial charge is 0.123 e. The highest BCUT2D eigenvalue weighted by Gasteiger charge is 2.19. The van der Waals surface area contributed by atoms with Gasteiger partial charge in [-0.1, -0.05) is 20.8 Å². The van der Waals surface area contributed by atoms with Gasteiger partial charge in [-0.05, 0) is 32.3 Å². The van der Waals surface area contributed by atoms with Gasteiger partial charge in [0.15, 0.2) is 0 Å². The normalized spacial score (nSPS) is 11.3. The van der Waals surface area contributed by atoms with Gasteiger partial charge in [-0.3, -0.25) is 0 Å². The molecular weight excluding hydrogens is 224 g/mol. The second-order valence-corrected chi connectivity index (χ2v) is 5.03. The van der Waals surface area contributed by atoms with Crippen LogP contribution >= 0.6 is 0 Å². The Kier molecular flexibility index (Phi) is 5.32. The van der Waals surface area contributed by atoms with Crippen molar-refractivity contribution in [3.63, 3.8) is 0 Å². The second-order valence-electron chi connectivity index (χ2n) is 5.03. The number of rotatable bonds is 7. The Morgan fingerprint density at radius 2 is 1.83 bits per heavy atom. The predicted octanol–water partition coefficient (Wildman–Crippen LogP) is 4.05. The van der Waals surface area contributed by atoms with Crippen molar-refractivity contribution < 1.29 is 4.74 Å². The van der Waals surface area contributed by atoms with E-state index in [1.165, 1.54) is 0 Å². The van der Waals surface area contributed by atoms with Crippen molar-refractivity contribution in [1.29, 1.82) is 0 Å². The molecular formula is C15H26N2O. The van der Waals surface area contributed by atoms with Crippen molar-refractivity contribution in [2.45, 2.75) is 52.5 Å². The van der Waals surface area contributed by atoms with Crippen LogP contribution in [0.3, 0.4) is 0 Å². The molecule has 1 aromatic carbocycles. The van der Waals surface area contributed by atoms with Crippen molar-refractivity contribution in [3.8, 4) is 5.75 Å². The van der Waals surface area contributed by atoms with Gasteiger partial charge in [-0.2, -0.15) is 0 Å². The van der Waals surface area contributed by atoms with E-state index >= 15 is 0 Å². The molecule has 1 rings (SSSR count). The number of hydrogen-bond donors (Lipinski definition) is 2. The van der Waals surface area contributed by atoms with Crippen LogP contribution in [-0.4, -0.2) is 12.1 Å². The van der Waals surface area contributed by atoms with Crippen LogP contribution < -0.4 is 15.8 Å². The summed E-state index contributed by atoms with van der Waals surface area (Å²) in [4.78, 5) is 0. The first-order valence-electron chi connectivity index (χ1n) is 6.84. The van der Waals surface area contributed by atoms with Gasteiger partial charge < -0.3 is 15.8 Å². The molecule has 0 heterocycles. The Morgan fingerprint density at radius 1 is 1.17 bits per heavy atom. The minimum Gasteiger partial charge on any atom is -0.493 e. The van der Waals surface area contributed by atoms with Crippen LogP contribution in [0.15, 0.2) is 18.2 Å². The van der Waals surface area contributed by atoms with Crippen molar-refractivity contribution in [3.05, 3.63) is 18.2 Å². The SMILES string of the molecule is CCCOc1cc(N)cc(NC(C)(CC)CC)c1. The summed E-state index contributed by atoms with van der Waals surface area (Å²) >= 11 is 0. The first kappa shape index (κ1) is 14.7. The van der Waals surface area contributed by atoms with Crippen LogP contribution in [0.25, 0.3) is 0 Å². The first-order valence-corrected chi connectivity index (χ1v) is 6.84. The summed E-state index contributed by atoms with van der Waals surface area (Å²) in [6, 6.07) is 5.86. The van der Waals surface area contributed by atoms with Gasteiger partial charge in [-0.15, -0.1) is 0 Å². The maximum Gasteiger partial charge on any atom is 0.123 e.